The molecule has 0 unspecified atom stereocenters. The molecule has 2 aromatic rings. The van der Waals surface area contributed by atoms with Crippen molar-refractivity contribution in [2.75, 3.05) is 13.6 Å². The molecule has 0 saturated heterocycles. The summed E-state index contributed by atoms with van der Waals surface area (Å²) in [5, 5.41) is 0. The molecule has 0 bridgehead atoms. The number of halogens is 1. The van der Waals surface area contributed by atoms with Gasteiger partial charge in [-0.25, -0.2) is 12.8 Å². The number of rotatable bonds is 6. The summed E-state index contributed by atoms with van der Waals surface area (Å²) in [5.74, 6) is -1.20. The van der Waals surface area contributed by atoms with Crippen LogP contribution in [0.5, 0.6) is 0 Å². The van der Waals surface area contributed by atoms with Gasteiger partial charge in [0, 0.05) is 7.05 Å². The van der Waals surface area contributed by atoms with Crippen LogP contribution >= 0.6 is 0 Å². The summed E-state index contributed by atoms with van der Waals surface area (Å²) in [4.78, 5) is 11.8. The van der Waals surface area contributed by atoms with Crippen LogP contribution in [0.1, 0.15) is 11.1 Å². The van der Waals surface area contributed by atoms with Crippen molar-refractivity contribution < 1.29 is 22.3 Å². The highest BCUT2D eigenvalue weighted by Crippen LogP contribution is 2.15. The number of aryl methyl sites for hydroxylation is 1. The number of likely N-dealkylation sites (N-methyl/N-ethyl adjacent to an activating group) is 1. The van der Waals surface area contributed by atoms with Crippen LogP contribution in [0.3, 0.4) is 0 Å². The van der Waals surface area contributed by atoms with E-state index in [-0.39, 0.29) is 11.5 Å². The molecule has 0 heterocycles. The minimum Gasteiger partial charge on any atom is -0.460 e. The van der Waals surface area contributed by atoms with E-state index in [0.717, 1.165) is 39.7 Å². The lowest BCUT2D eigenvalue weighted by Gasteiger charge is -2.16. The average molecular weight is 351 g/mol. The highest BCUT2D eigenvalue weighted by atomic mass is 32.2. The molecule has 0 aliphatic rings. The Morgan fingerprint density at radius 2 is 1.67 bits per heavy atom. The predicted molar refractivity (Wildman–Crippen MR) is 87.2 cm³/mol. The third-order valence-corrected chi connectivity index (χ3v) is 5.21. The first-order chi connectivity index (χ1) is 11.3. The van der Waals surface area contributed by atoms with Gasteiger partial charge in [0.05, 0.1) is 4.90 Å². The van der Waals surface area contributed by atoms with E-state index >= 15 is 0 Å². The van der Waals surface area contributed by atoms with Gasteiger partial charge in [-0.1, -0.05) is 29.8 Å². The van der Waals surface area contributed by atoms with Crippen LogP contribution in [0.15, 0.2) is 53.4 Å². The van der Waals surface area contributed by atoms with E-state index in [1.165, 1.54) is 7.05 Å². The topological polar surface area (TPSA) is 63.7 Å². The second-order valence-corrected chi connectivity index (χ2v) is 7.41. The lowest BCUT2D eigenvalue weighted by molar-refractivity contribution is -0.144. The second-order valence-electron chi connectivity index (χ2n) is 5.36. The Labute approximate surface area is 140 Å². The summed E-state index contributed by atoms with van der Waals surface area (Å²) >= 11 is 0. The Balaban J connectivity index is 1.95. The molecule has 0 radical (unpaired) electrons. The van der Waals surface area contributed by atoms with Crippen LogP contribution in [-0.2, 0) is 26.2 Å². The standard InChI is InChI=1S/C17H18FNO4S/c1-13-3-5-14(6-4-13)12-23-17(20)11-19(2)24(21,22)16-9-7-15(18)8-10-16/h3-10H,11-12H2,1-2H3. The summed E-state index contributed by atoms with van der Waals surface area (Å²) in [6.45, 7) is 1.60. The number of hydrogen-bond acceptors (Lipinski definition) is 4. The number of carbonyl (C=O) groups excluding carboxylic acids is 1. The lowest BCUT2D eigenvalue weighted by Crippen LogP contribution is -2.33. The Morgan fingerprint density at radius 1 is 1.08 bits per heavy atom. The van der Waals surface area contributed by atoms with Gasteiger partial charge in [0.25, 0.3) is 0 Å². The minimum absolute atomic E-state index is 0.0730. The number of benzene rings is 2. The van der Waals surface area contributed by atoms with Crippen molar-refractivity contribution >= 4 is 16.0 Å². The van der Waals surface area contributed by atoms with Crippen LogP contribution in [-0.4, -0.2) is 32.3 Å². The first-order valence-corrected chi connectivity index (χ1v) is 8.66. The molecule has 0 aliphatic carbocycles. The fraction of sp³-hybridized carbons (Fsp3) is 0.235. The summed E-state index contributed by atoms with van der Waals surface area (Å²) in [6.07, 6.45) is 0. The molecule has 0 amide bonds. The van der Waals surface area contributed by atoms with Crippen molar-refractivity contribution in [2.45, 2.75) is 18.4 Å². The summed E-state index contributed by atoms with van der Waals surface area (Å²) < 4.78 is 43.4. The van der Waals surface area contributed by atoms with Gasteiger partial charge >= 0.3 is 5.97 Å². The number of sulfonamides is 1. The molecule has 0 aliphatic heterocycles. The maximum atomic E-state index is 12.9. The Kier molecular flexibility index (Phi) is 5.69. The van der Waals surface area contributed by atoms with Gasteiger partial charge in [-0.05, 0) is 36.8 Å². The van der Waals surface area contributed by atoms with Crippen molar-refractivity contribution in [3.63, 3.8) is 0 Å². The monoisotopic (exact) mass is 351 g/mol. The fourth-order valence-electron chi connectivity index (χ4n) is 1.95. The molecule has 5 nitrogen and oxygen atoms in total. The molecule has 7 heteroatoms. The quantitative estimate of drug-likeness (QED) is 0.750. The highest BCUT2D eigenvalue weighted by molar-refractivity contribution is 7.89. The van der Waals surface area contributed by atoms with Gasteiger partial charge in [0.2, 0.25) is 10.0 Å². The van der Waals surface area contributed by atoms with Gasteiger partial charge in [-0.2, -0.15) is 4.31 Å². The van der Waals surface area contributed by atoms with Gasteiger partial charge in [-0.3, -0.25) is 4.79 Å². The molecule has 2 aromatic carbocycles. The summed E-state index contributed by atoms with van der Waals surface area (Å²) in [6, 6.07) is 11.9. The molecule has 24 heavy (non-hydrogen) atoms. The molecule has 0 aromatic heterocycles. The summed E-state index contributed by atoms with van der Waals surface area (Å²) in [7, 11) is -2.60. The highest BCUT2D eigenvalue weighted by Gasteiger charge is 2.23. The van der Waals surface area contributed by atoms with E-state index in [9.17, 15) is 17.6 Å². The zero-order chi connectivity index (χ0) is 17.7. The van der Waals surface area contributed by atoms with Crippen molar-refractivity contribution in [2.24, 2.45) is 0 Å². The molecule has 0 N–H and O–H groups in total. The lowest BCUT2D eigenvalue weighted by atomic mass is 10.2. The van der Waals surface area contributed by atoms with Gasteiger partial charge < -0.3 is 4.74 Å². The van der Waals surface area contributed by atoms with E-state index in [1.807, 2.05) is 31.2 Å². The molecule has 2 rings (SSSR count). The van der Waals surface area contributed by atoms with E-state index in [1.54, 1.807) is 0 Å². The summed E-state index contributed by atoms with van der Waals surface area (Å²) in [5.41, 5.74) is 1.91. The van der Waals surface area contributed by atoms with Crippen molar-refractivity contribution in [3.8, 4) is 0 Å². The van der Waals surface area contributed by atoms with E-state index < -0.39 is 28.4 Å². The third kappa shape index (κ3) is 4.62. The molecular formula is C17H18FNO4S. The second kappa shape index (κ2) is 7.55. The molecule has 0 fully saturated rings. The van der Waals surface area contributed by atoms with Crippen LogP contribution in [0.4, 0.5) is 4.39 Å². The molecule has 128 valence electrons. The van der Waals surface area contributed by atoms with Crippen LogP contribution in [0.25, 0.3) is 0 Å². The fourth-order valence-corrected chi connectivity index (χ4v) is 3.06. The largest absolute Gasteiger partial charge is 0.460 e. The Bertz CT molecular complexity index is 801. The number of esters is 1. The van der Waals surface area contributed by atoms with Gasteiger partial charge in [-0.15, -0.1) is 0 Å². The smallest absolute Gasteiger partial charge is 0.321 e. The van der Waals surface area contributed by atoms with Crippen molar-refractivity contribution in [1.82, 2.24) is 4.31 Å². The zero-order valence-corrected chi connectivity index (χ0v) is 14.2. The number of nitrogens with zero attached hydrogens (tertiary/aromatic N) is 1. The van der Waals surface area contributed by atoms with Gasteiger partial charge in [0.1, 0.15) is 19.0 Å². The van der Waals surface area contributed by atoms with E-state index in [4.69, 9.17) is 4.74 Å². The maximum Gasteiger partial charge on any atom is 0.321 e. The van der Waals surface area contributed by atoms with Crippen LogP contribution < -0.4 is 0 Å². The van der Waals surface area contributed by atoms with Crippen molar-refractivity contribution in [1.29, 1.82) is 0 Å². The first kappa shape index (κ1) is 18.1. The Hall–Kier alpha value is -2.25. The van der Waals surface area contributed by atoms with Crippen LogP contribution in [0.2, 0.25) is 0 Å². The maximum absolute atomic E-state index is 12.9. The normalized spacial score (nSPS) is 11.5. The number of carbonyl (C=O) groups is 1. The zero-order valence-electron chi connectivity index (χ0n) is 13.4. The number of ether oxygens (including phenoxy) is 1. The molecule has 0 saturated carbocycles. The van der Waals surface area contributed by atoms with Crippen molar-refractivity contribution in [3.05, 3.63) is 65.5 Å². The molecule has 0 spiro atoms. The third-order valence-electron chi connectivity index (χ3n) is 3.39. The molecule has 0 atom stereocenters. The molecular weight excluding hydrogens is 333 g/mol. The first-order valence-electron chi connectivity index (χ1n) is 7.22. The van der Waals surface area contributed by atoms with E-state index in [2.05, 4.69) is 0 Å². The number of hydrogen-bond donors (Lipinski definition) is 0. The van der Waals surface area contributed by atoms with Gasteiger partial charge in [0.15, 0.2) is 0 Å². The SMILES string of the molecule is Cc1ccc(COC(=O)CN(C)S(=O)(=O)c2ccc(F)cc2)cc1. The van der Waals surface area contributed by atoms with E-state index in [0.29, 0.717) is 0 Å². The predicted octanol–water partition coefficient (Wildman–Crippen LogP) is 2.50. The Morgan fingerprint density at radius 3 is 2.25 bits per heavy atom. The average Bonchev–Trinajstić information content (AvgIpc) is 2.54. The minimum atomic E-state index is -3.87. The van der Waals surface area contributed by atoms with Crippen LogP contribution in [0, 0.1) is 12.7 Å².